The molecule has 0 saturated carbocycles. The lowest BCUT2D eigenvalue weighted by atomic mass is 10.2. The van der Waals surface area contributed by atoms with Crippen LogP contribution in [0.3, 0.4) is 0 Å². The first kappa shape index (κ1) is 25.5. The van der Waals surface area contributed by atoms with Crippen molar-refractivity contribution < 1.29 is 26.8 Å². The Hall–Kier alpha value is -3.55. The molecule has 0 bridgehead atoms. The fourth-order valence-electron chi connectivity index (χ4n) is 3.42. The highest BCUT2D eigenvalue weighted by Crippen LogP contribution is 2.32. The van der Waals surface area contributed by atoms with Crippen molar-refractivity contribution in [2.45, 2.75) is 29.0 Å². The molecule has 2 aromatic heterocycles. The minimum atomic E-state index is -3.89. The standard InChI is InChI=1S/C19H15ClF2N8O4S2/c20-13-3-11(1-2-12(13)17-26-28-29-27-17)36(33,34)8-15-25-14(7-35-15)18(32)24-6-16(31)30-9-19(21,22)4-10(30)5-23/h1-3,7,10H,4,6,8-9H2,(H,24,32)(H,26,27,28,29)/t10-/m0/s1. The van der Waals surface area contributed by atoms with Gasteiger partial charge in [-0.2, -0.15) is 10.5 Å². The number of alkyl halides is 2. The van der Waals surface area contributed by atoms with Crippen LogP contribution in [0.1, 0.15) is 21.9 Å². The minimum Gasteiger partial charge on any atom is -0.342 e. The number of nitriles is 1. The van der Waals surface area contributed by atoms with Crippen LogP contribution in [0.25, 0.3) is 11.4 Å². The third kappa shape index (κ3) is 5.48. The second kappa shape index (κ2) is 9.84. The van der Waals surface area contributed by atoms with Crippen LogP contribution in [0, 0.1) is 11.3 Å². The van der Waals surface area contributed by atoms with Crippen LogP contribution in [0.15, 0.2) is 28.5 Å². The van der Waals surface area contributed by atoms with Crippen molar-refractivity contribution >= 4 is 44.6 Å². The first-order chi connectivity index (χ1) is 17.0. The number of carbonyl (C=O) groups excluding carboxylic acids is 2. The zero-order valence-corrected chi connectivity index (χ0v) is 20.4. The summed E-state index contributed by atoms with van der Waals surface area (Å²) in [4.78, 5) is 29.2. The lowest BCUT2D eigenvalue weighted by molar-refractivity contribution is -0.131. The zero-order valence-electron chi connectivity index (χ0n) is 18.0. The Morgan fingerprint density at radius 3 is 2.83 bits per heavy atom. The quantitative estimate of drug-likeness (QED) is 0.436. The van der Waals surface area contributed by atoms with Gasteiger partial charge >= 0.3 is 0 Å². The number of H-pyrrole nitrogens is 1. The number of nitrogens with zero attached hydrogens (tertiary/aromatic N) is 6. The molecule has 3 aromatic rings. The van der Waals surface area contributed by atoms with E-state index in [1.165, 1.54) is 23.6 Å². The second-order valence-electron chi connectivity index (χ2n) is 7.67. The highest BCUT2D eigenvalue weighted by Gasteiger charge is 2.47. The number of aromatic amines is 1. The first-order valence-electron chi connectivity index (χ1n) is 10.0. The average molecular weight is 557 g/mol. The molecule has 1 aromatic carbocycles. The molecule has 1 fully saturated rings. The molecular formula is C19H15ClF2N8O4S2. The summed E-state index contributed by atoms with van der Waals surface area (Å²) < 4.78 is 52.7. The number of thiazole rings is 1. The summed E-state index contributed by atoms with van der Waals surface area (Å²) in [6.07, 6.45) is -0.766. The number of hydrogen-bond donors (Lipinski definition) is 2. The normalized spacial score (nSPS) is 17.1. The Morgan fingerprint density at radius 2 is 2.17 bits per heavy atom. The van der Waals surface area contributed by atoms with E-state index in [0.717, 1.165) is 11.3 Å². The fraction of sp³-hybridized carbons (Fsp3) is 0.316. The van der Waals surface area contributed by atoms with Crippen molar-refractivity contribution in [2.24, 2.45) is 0 Å². The van der Waals surface area contributed by atoms with Crippen LogP contribution in [-0.4, -0.2) is 75.8 Å². The molecule has 0 aliphatic carbocycles. The van der Waals surface area contributed by atoms with Gasteiger partial charge in [0.05, 0.1) is 29.1 Å². The van der Waals surface area contributed by atoms with Crippen LogP contribution >= 0.6 is 22.9 Å². The van der Waals surface area contributed by atoms with Gasteiger partial charge < -0.3 is 10.2 Å². The summed E-state index contributed by atoms with van der Waals surface area (Å²) in [5, 5.41) is 26.0. The molecule has 0 unspecified atom stereocenters. The number of carbonyl (C=O) groups is 2. The van der Waals surface area contributed by atoms with Gasteiger partial charge in [-0.25, -0.2) is 22.2 Å². The number of nitrogens with one attached hydrogen (secondary N) is 2. The molecule has 188 valence electrons. The number of tetrazole rings is 1. The summed E-state index contributed by atoms with van der Waals surface area (Å²) >= 11 is 7.09. The summed E-state index contributed by atoms with van der Waals surface area (Å²) in [6.45, 7) is -1.53. The molecule has 0 radical (unpaired) electrons. The highest BCUT2D eigenvalue weighted by molar-refractivity contribution is 7.90. The Morgan fingerprint density at radius 1 is 1.39 bits per heavy atom. The number of rotatable bonds is 7. The van der Waals surface area contributed by atoms with Crippen LogP contribution in [-0.2, 0) is 20.4 Å². The summed E-state index contributed by atoms with van der Waals surface area (Å²) in [5.41, 5.74) is 0.234. The maximum Gasteiger partial charge on any atom is 0.271 e. The molecule has 36 heavy (non-hydrogen) atoms. The maximum absolute atomic E-state index is 13.5. The van der Waals surface area contributed by atoms with Crippen LogP contribution < -0.4 is 5.32 Å². The highest BCUT2D eigenvalue weighted by atomic mass is 35.5. The predicted molar refractivity (Wildman–Crippen MR) is 121 cm³/mol. The van der Waals surface area contributed by atoms with Crippen LogP contribution in [0.5, 0.6) is 0 Å². The van der Waals surface area contributed by atoms with Crippen LogP contribution in [0.4, 0.5) is 8.78 Å². The van der Waals surface area contributed by atoms with E-state index >= 15 is 0 Å². The van der Waals surface area contributed by atoms with Gasteiger partial charge in [0, 0.05) is 17.4 Å². The zero-order chi connectivity index (χ0) is 26.1. The maximum atomic E-state index is 13.5. The number of halogens is 3. The van der Waals surface area contributed by atoms with E-state index < -0.39 is 58.9 Å². The van der Waals surface area contributed by atoms with Crippen molar-refractivity contribution in [2.75, 3.05) is 13.1 Å². The van der Waals surface area contributed by atoms with Gasteiger partial charge in [0.2, 0.25) is 11.7 Å². The van der Waals surface area contributed by atoms with Gasteiger partial charge in [-0.05, 0) is 23.4 Å². The molecule has 1 aliphatic heterocycles. The Kier molecular flexibility index (Phi) is 6.98. The first-order valence-corrected chi connectivity index (χ1v) is 13.0. The van der Waals surface area contributed by atoms with E-state index in [4.69, 9.17) is 16.9 Å². The third-order valence-electron chi connectivity index (χ3n) is 5.12. The number of sulfone groups is 1. The summed E-state index contributed by atoms with van der Waals surface area (Å²) in [7, 11) is -3.89. The van der Waals surface area contributed by atoms with E-state index in [9.17, 15) is 26.8 Å². The molecule has 17 heteroatoms. The Balaban J connectivity index is 1.38. The van der Waals surface area contributed by atoms with E-state index in [2.05, 4.69) is 30.9 Å². The smallest absolute Gasteiger partial charge is 0.271 e. The molecule has 12 nitrogen and oxygen atoms in total. The fourth-order valence-corrected chi connectivity index (χ4v) is 6.17. The lowest BCUT2D eigenvalue weighted by Gasteiger charge is -2.19. The molecule has 1 saturated heterocycles. The third-order valence-corrected chi connectivity index (χ3v) is 8.09. The predicted octanol–water partition coefficient (Wildman–Crippen LogP) is 1.44. The van der Waals surface area contributed by atoms with Gasteiger partial charge in [0.1, 0.15) is 22.5 Å². The Bertz CT molecular complexity index is 1460. The topological polar surface area (TPSA) is 175 Å². The number of aromatic nitrogens is 5. The number of benzene rings is 1. The molecule has 3 heterocycles. The van der Waals surface area contributed by atoms with Gasteiger partial charge in [-0.1, -0.05) is 11.6 Å². The van der Waals surface area contributed by atoms with Crippen molar-refractivity contribution in [3.05, 3.63) is 39.3 Å². The van der Waals surface area contributed by atoms with Crippen LogP contribution in [0.2, 0.25) is 5.02 Å². The van der Waals surface area contributed by atoms with Crippen molar-refractivity contribution in [3.8, 4) is 17.5 Å². The summed E-state index contributed by atoms with van der Waals surface area (Å²) in [5.74, 6) is -5.14. The van der Waals surface area contributed by atoms with Gasteiger partial charge in [-0.15, -0.1) is 21.5 Å². The van der Waals surface area contributed by atoms with E-state index in [1.54, 1.807) is 6.07 Å². The number of amides is 2. The molecule has 2 N–H and O–H groups in total. The minimum absolute atomic E-state index is 0.0824. The van der Waals surface area contributed by atoms with E-state index in [0.29, 0.717) is 10.5 Å². The lowest BCUT2D eigenvalue weighted by Crippen LogP contribution is -2.43. The summed E-state index contributed by atoms with van der Waals surface area (Å²) in [6, 6.07) is 4.37. The number of likely N-dealkylation sites (tertiary alicyclic amines) is 1. The average Bonchev–Trinajstić information content (AvgIpc) is 3.57. The molecular weight excluding hydrogens is 542 g/mol. The molecule has 2 amide bonds. The van der Waals surface area contributed by atoms with Gasteiger partial charge in [-0.3, -0.25) is 9.59 Å². The Labute approximate surface area is 211 Å². The number of hydrogen-bond acceptors (Lipinski definition) is 10. The second-order valence-corrected chi connectivity index (χ2v) is 11.0. The molecule has 1 atom stereocenters. The largest absolute Gasteiger partial charge is 0.342 e. The van der Waals surface area contributed by atoms with Gasteiger partial charge in [0.15, 0.2) is 9.84 Å². The molecule has 4 rings (SSSR count). The van der Waals surface area contributed by atoms with Crippen molar-refractivity contribution in [3.63, 3.8) is 0 Å². The van der Waals surface area contributed by atoms with E-state index in [1.807, 2.05) is 0 Å². The van der Waals surface area contributed by atoms with Gasteiger partial charge in [0.25, 0.3) is 11.8 Å². The van der Waals surface area contributed by atoms with Crippen molar-refractivity contribution in [1.29, 1.82) is 5.26 Å². The monoisotopic (exact) mass is 556 g/mol. The molecule has 0 spiro atoms. The van der Waals surface area contributed by atoms with E-state index in [-0.39, 0.29) is 26.4 Å². The SMILES string of the molecule is N#C[C@@H]1CC(F)(F)CN1C(=O)CNC(=O)c1csc(CS(=O)(=O)c2ccc(-c3nn[nH]n3)c(Cl)c2)n1. The molecule has 1 aliphatic rings. The van der Waals surface area contributed by atoms with Crippen molar-refractivity contribution in [1.82, 2.24) is 35.8 Å².